The van der Waals surface area contributed by atoms with E-state index in [0.29, 0.717) is 25.8 Å². The Morgan fingerprint density at radius 1 is 1.12 bits per heavy atom. The van der Waals surface area contributed by atoms with Crippen molar-refractivity contribution in [2.24, 2.45) is 0 Å². The van der Waals surface area contributed by atoms with Gasteiger partial charge in [0.25, 0.3) is 0 Å². The molecule has 0 aliphatic carbocycles. The van der Waals surface area contributed by atoms with Crippen LogP contribution in [0.15, 0.2) is 30.3 Å². The smallest absolute Gasteiger partial charge is 0.191 e. The van der Waals surface area contributed by atoms with Crippen molar-refractivity contribution in [2.45, 2.75) is 6.10 Å². The summed E-state index contributed by atoms with van der Waals surface area (Å²) in [7, 11) is 0. The van der Waals surface area contributed by atoms with Gasteiger partial charge in [-0.3, -0.25) is 0 Å². The summed E-state index contributed by atoms with van der Waals surface area (Å²) in [5.74, 6) is -4.85. The topological polar surface area (TPSA) is 30.5 Å². The Labute approximate surface area is 136 Å². The van der Waals surface area contributed by atoms with Gasteiger partial charge in [0.05, 0.1) is 12.2 Å². The fourth-order valence-electron chi connectivity index (χ4n) is 2.52. The predicted molar refractivity (Wildman–Crippen MR) is 79.8 cm³/mol. The minimum atomic E-state index is -1.21. The van der Waals surface area contributed by atoms with Crippen LogP contribution in [0.4, 0.5) is 17.6 Å². The van der Waals surface area contributed by atoms with Crippen LogP contribution in [-0.4, -0.2) is 32.4 Å². The van der Waals surface area contributed by atoms with Gasteiger partial charge in [0.15, 0.2) is 17.4 Å². The molecule has 3 rings (SSSR count). The van der Waals surface area contributed by atoms with E-state index in [1.54, 1.807) is 0 Å². The lowest BCUT2D eigenvalue weighted by Gasteiger charge is -2.24. The molecule has 0 amide bonds. The van der Waals surface area contributed by atoms with Crippen LogP contribution in [0.5, 0.6) is 5.75 Å². The molecule has 2 aromatic rings. The molecular weight excluding hydrogens is 326 g/mol. The second-order valence-electron chi connectivity index (χ2n) is 5.38. The van der Waals surface area contributed by atoms with Crippen molar-refractivity contribution >= 4 is 0 Å². The number of nitrogens with one attached hydrogen (secondary N) is 1. The van der Waals surface area contributed by atoms with Crippen LogP contribution in [-0.2, 0) is 4.74 Å². The zero-order valence-electron chi connectivity index (χ0n) is 12.6. The fourth-order valence-corrected chi connectivity index (χ4v) is 2.52. The molecule has 2 aromatic carbocycles. The molecule has 1 saturated heterocycles. The van der Waals surface area contributed by atoms with E-state index in [1.165, 1.54) is 12.1 Å². The molecule has 3 nitrogen and oxygen atoms in total. The summed E-state index contributed by atoms with van der Waals surface area (Å²) in [6.45, 7) is 1.56. The first-order valence-electron chi connectivity index (χ1n) is 7.45. The van der Waals surface area contributed by atoms with Crippen LogP contribution in [0.1, 0.15) is 0 Å². The molecule has 0 saturated carbocycles. The monoisotopic (exact) mass is 341 g/mol. The summed E-state index contributed by atoms with van der Waals surface area (Å²) in [4.78, 5) is 0. The zero-order valence-corrected chi connectivity index (χ0v) is 12.6. The summed E-state index contributed by atoms with van der Waals surface area (Å²) in [6, 6.07) is 5.29. The van der Waals surface area contributed by atoms with Crippen molar-refractivity contribution in [1.82, 2.24) is 5.32 Å². The maximum Gasteiger partial charge on any atom is 0.191 e. The van der Waals surface area contributed by atoms with E-state index in [1.807, 2.05) is 0 Å². The molecule has 0 aromatic heterocycles. The number of hydrogen-bond acceptors (Lipinski definition) is 3. The van der Waals surface area contributed by atoms with Gasteiger partial charge in [-0.2, -0.15) is 0 Å². The number of ether oxygens (including phenoxy) is 2. The van der Waals surface area contributed by atoms with Crippen molar-refractivity contribution in [3.05, 3.63) is 53.6 Å². The maximum absolute atomic E-state index is 14.6. The van der Waals surface area contributed by atoms with E-state index >= 15 is 0 Å². The lowest BCUT2D eigenvalue weighted by atomic mass is 10.0. The lowest BCUT2D eigenvalue weighted by Crippen LogP contribution is -2.41. The van der Waals surface area contributed by atoms with Gasteiger partial charge >= 0.3 is 0 Å². The van der Waals surface area contributed by atoms with Crippen LogP contribution in [0.3, 0.4) is 0 Å². The van der Waals surface area contributed by atoms with E-state index in [4.69, 9.17) is 9.47 Å². The van der Waals surface area contributed by atoms with Gasteiger partial charge in [0.1, 0.15) is 24.3 Å². The van der Waals surface area contributed by atoms with Crippen LogP contribution >= 0.6 is 0 Å². The normalized spacial score (nSPS) is 17.8. The molecule has 7 heteroatoms. The second kappa shape index (κ2) is 7.19. The molecule has 0 spiro atoms. The first kappa shape index (κ1) is 16.7. The van der Waals surface area contributed by atoms with Crippen LogP contribution in [0, 0.1) is 23.3 Å². The van der Waals surface area contributed by atoms with Crippen LogP contribution in [0.2, 0.25) is 0 Å². The number of morpholine rings is 1. The van der Waals surface area contributed by atoms with Gasteiger partial charge in [-0.05, 0) is 17.7 Å². The Balaban J connectivity index is 1.90. The third-order valence-electron chi connectivity index (χ3n) is 3.66. The van der Waals surface area contributed by atoms with Crippen molar-refractivity contribution in [1.29, 1.82) is 0 Å². The number of rotatable bonds is 4. The lowest BCUT2D eigenvalue weighted by molar-refractivity contribution is -0.00134. The molecule has 1 aliphatic heterocycles. The van der Waals surface area contributed by atoms with Crippen LogP contribution < -0.4 is 10.1 Å². The molecule has 1 atom stereocenters. The van der Waals surface area contributed by atoms with Crippen molar-refractivity contribution in [3.63, 3.8) is 0 Å². The number of hydrogen-bond donors (Lipinski definition) is 1. The SMILES string of the molecule is Fc1cccc(-c2c(F)cc(F)c(OC[C@@H]3CNCCO3)c2F)c1. The highest BCUT2D eigenvalue weighted by molar-refractivity contribution is 5.67. The van der Waals surface area contributed by atoms with Crippen molar-refractivity contribution in [2.75, 3.05) is 26.3 Å². The highest BCUT2D eigenvalue weighted by Crippen LogP contribution is 2.34. The molecule has 24 heavy (non-hydrogen) atoms. The first-order chi connectivity index (χ1) is 11.6. The maximum atomic E-state index is 14.6. The minimum absolute atomic E-state index is 0.0366. The van der Waals surface area contributed by atoms with E-state index in [0.717, 1.165) is 12.1 Å². The first-order valence-corrected chi connectivity index (χ1v) is 7.45. The highest BCUT2D eigenvalue weighted by Gasteiger charge is 2.23. The van der Waals surface area contributed by atoms with Crippen molar-refractivity contribution in [3.8, 4) is 16.9 Å². The van der Waals surface area contributed by atoms with E-state index < -0.39 is 34.6 Å². The molecule has 1 aliphatic rings. The third-order valence-corrected chi connectivity index (χ3v) is 3.66. The quantitative estimate of drug-likeness (QED) is 0.866. The van der Waals surface area contributed by atoms with Crippen LogP contribution in [0.25, 0.3) is 11.1 Å². The van der Waals surface area contributed by atoms with Gasteiger partial charge in [0, 0.05) is 19.2 Å². The summed E-state index contributed by atoms with van der Waals surface area (Å²) in [5, 5.41) is 3.06. The molecule has 1 fully saturated rings. The molecular formula is C17H15F4NO2. The zero-order chi connectivity index (χ0) is 17.1. The summed E-state index contributed by atoms with van der Waals surface area (Å²) >= 11 is 0. The Morgan fingerprint density at radius 3 is 2.67 bits per heavy atom. The third kappa shape index (κ3) is 3.52. The van der Waals surface area contributed by atoms with Gasteiger partial charge in [-0.25, -0.2) is 17.6 Å². The highest BCUT2D eigenvalue weighted by atomic mass is 19.1. The molecule has 0 unspecified atom stereocenters. The molecule has 128 valence electrons. The molecule has 0 radical (unpaired) electrons. The van der Waals surface area contributed by atoms with Gasteiger partial charge in [-0.1, -0.05) is 12.1 Å². The molecule has 1 heterocycles. The van der Waals surface area contributed by atoms with E-state index in [9.17, 15) is 17.6 Å². The number of benzene rings is 2. The summed E-state index contributed by atoms with van der Waals surface area (Å²) in [6.07, 6.45) is -0.361. The van der Waals surface area contributed by atoms with Crippen molar-refractivity contribution < 1.29 is 27.0 Å². The van der Waals surface area contributed by atoms with Gasteiger partial charge in [-0.15, -0.1) is 0 Å². The Hall–Kier alpha value is -2.12. The summed E-state index contributed by atoms with van der Waals surface area (Å²) in [5.41, 5.74) is -0.570. The minimum Gasteiger partial charge on any atom is -0.485 e. The van der Waals surface area contributed by atoms with Gasteiger partial charge < -0.3 is 14.8 Å². The molecule has 1 N–H and O–H groups in total. The largest absolute Gasteiger partial charge is 0.485 e. The van der Waals surface area contributed by atoms with E-state index in [-0.39, 0.29) is 18.3 Å². The predicted octanol–water partition coefficient (Wildman–Crippen LogP) is 3.28. The average molecular weight is 341 g/mol. The standard InChI is InChI=1S/C17H15F4NO2/c18-11-3-1-2-10(6-11)15-13(19)7-14(20)17(16(15)21)24-9-12-8-22-4-5-23-12/h1-3,6-7,12,22H,4-5,8-9H2/t12-/m0/s1. The Bertz CT molecular complexity index is 733. The Kier molecular flexibility index (Phi) is 5.01. The van der Waals surface area contributed by atoms with Gasteiger partial charge in [0.2, 0.25) is 0 Å². The second-order valence-corrected chi connectivity index (χ2v) is 5.38. The van der Waals surface area contributed by atoms with E-state index in [2.05, 4.69) is 5.32 Å². The Morgan fingerprint density at radius 2 is 1.96 bits per heavy atom. The average Bonchev–Trinajstić information content (AvgIpc) is 2.55. The molecule has 0 bridgehead atoms. The number of halogens is 4. The summed E-state index contributed by atoms with van der Waals surface area (Å²) < 4.78 is 66.4. The fraction of sp³-hybridized carbons (Fsp3) is 0.294.